The lowest BCUT2D eigenvalue weighted by Gasteiger charge is -2.18. The van der Waals surface area contributed by atoms with Crippen LogP contribution in [0.5, 0.6) is 17.2 Å². The minimum atomic E-state index is 0.529. The molecule has 0 fully saturated rings. The number of nitrogens with zero attached hydrogens (tertiary/aromatic N) is 4. The van der Waals surface area contributed by atoms with Gasteiger partial charge in [-0.05, 0) is 54.1 Å². The van der Waals surface area contributed by atoms with Crippen molar-refractivity contribution in [3.05, 3.63) is 90.6 Å². The molecule has 0 spiro atoms. The lowest BCUT2D eigenvalue weighted by atomic mass is 10.1. The minimum absolute atomic E-state index is 0.529. The molecule has 0 saturated heterocycles. The van der Waals surface area contributed by atoms with E-state index in [9.17, 15) is 0 Å². The van der Waals surface area contributed by atoms with Crippen LogP contribution in [0.1, 0.15) is 5.56 Å². The summed E-state index contributed by atoms with van der Waals surface area (Å²) in [6.07, 6.45) is 1.74. The van der Waals surface area contributed by atoms with E-state index in [0.717, 1.165) is 33.9 Å². The van der Waals surface area contributed by atoms with Gasteiger partial charge in [0.15, 0.2) is 17.3 Å². The first-order valence-corrected chi connectivity index (χ1v) is 10.7. The van der Waals surface area contributed by atoms with Gasteiger partial charge in [-0.3, -0.25) is 0 Å². The van der Waals surface area contributed by atoms with Crippen molar-refractivity contribution < 1.29 is 14.2 Å². The molecule has 0 radical (unpaired) electrons. The van der Waals surface area contributed by atoms with Crippen LogP contribution >= 0.6 is 0 Å². The van der Waals surface area contributed by atoms with Gasteiger partial charge in [0.05, 0.1) is 5.69 Å². The molecular formula is C26H20N4O3. The smallest absolute Gasteiger partial charge is 0.253 e. The Bertz CT molecular complexity index is 1420. The molecule has 0 saturated carbocycles. The number of fused-ring (bicyclic) bond motifs is 2. The second-order valence-corrected chi connectivity index (χ2v) is 7.63. The van der Waals surface area contributed by atoms with Gasteiger partial charge in [-0.1, -0.05) is 30.3 Å². The summed E-state index contributed by atoms with van der Waals surface area (Å²) in [6.45, 7) is 1.62. The van der Waals surface area contributed by atoms with Gasteiger partial charge in [0.2, 0.25) is 0 Å². The molecule has 3 aromatic carbocycles. The fraction of sp³-hybridized carbons (Fsp3) is 0.115. The number of aromatic nitrogens is 4. The maximum absolute atomic E-state index is 5.91. The predicted octanol–water partition coefficient (Wildman–Crippen LogP) is 4.81. The summed E-state index contributed by atoms with van der Waals surface area (Å²) < 4.78 is 19.0. The number of benzene rings is 3. The van der Waals surface area contributed by atoms with Gasteiger partial charge in [-0.25, -0.2) is 4.98 Å². The highest BCUT2D eigenvalue weighted by molar-refractivity contribution is 5.66. The molecule has 1 aliphatic rings. The van der Waals surface area contributed by atoms with Gasteiger partial charge >= 0.3 is 0 Å². The zero-order valence-corrected chi connectivity index (χ0v) is 17.7. The Morgan fingerprint density at radius 3 is 2.45 bits per heavy atom. The van der Waals surface area contributed by atoms with E-state index >= 15 is 0 Å². The van der Waals surface area contributed by atoms with E-state index in [1.165, 1.54) is 0 Å². The normalized spacial score (nSPS) is 12.6. The van der Waals surface area contributed by atoms with Gasteiger partial charge in [0.1, 0.15) is 25.6 Å². The van der Waals surface area contributed by atoms with Gasteiger partial charge in [-0.2, -0.15) is 9.50 Å². The largest absolute Gasteiger partial charge is 0.489 e. The van der Waals surface area contributed by atoms with E-state index < -0.39 is 0 Å². The fourth-order valence-corrected chi connectivity index (χ4v) is 3.78. The number of hydrogen-bond acceptors (Lipinski definition) is 6. The summed E-state index contributed by atoms with van der Waals surface area (Å²) in [6, 6.07) is 25.7. The Morgan fingerprint density at radius 1 is 0.818 bits per heavy atom. The Labute approximate surface area is 190 Å². The lowest BCUT2D eigenvalue weighted by molar-refractivity contribution is 0.171. The number of ether oxygens (including phenoxy) is 3. The maximum atomic E-state index is 5.91. The van der Waals surface area contributed by atoms with Crippen LogP contribution in [0.2, 0.25) is 0 Å². The summed E-state index contributed by atoms with van der Waals surface area (Å²) in [5, 5.41) is 4.72. The lowest BCUT2D eigenvalue weighted by Crippen LogP contribution is -2.15. The van der Waals surface area contributed by atoms with Crippen LogP contribution in [0.15, 0.2) is 85.1 Å². The molecule has 0 unspecified atom stereocenters. The summed E-state index contributed by atoms with van der Waals surface area (Å²) >= 11 is 0. The van der Waals surface area contributed by atoms with E-state index in [2.05, 4.69) is 9.97 Å². The highest BCUT2D eigenvalue weighted by Crippen LogP contribution is 2.34. The van der Waals surface area contributed by atoms with Crippen molar-refractivity contribution in [1.82, 2.24) is 19.6 Å². The molecule has 1 aliphatic heterocycles. The zero-order valence-electron chi connectivity index (χ0n) is 17.7. The molecule has 5 aromatic rings. The van der Waals surface area contributed by atoms with Gasteiger partial charge < -0.3 is 14.2 Å². The maximum Gasteiger partial charge on any atom is 0.253 e. The van der Waals surface area contributed by atoms with Crippen LogP contribution in [0.25, 0.3) is 28.4 Å². The molecule has 162 valence electrons. The molecule has 0 amide bonds. The SMILES string of the molecule is c1ccc(COc2ccc(-c3ccnc4nc(-c5ccc6c(c5)OCCO6)nn34)cc2)cc1. The number of rotatable bonds is 5. The van der Waals surface area contributed by atoms with Gasteiger partial charge in [-0.15, -0.1) is 5.10 Å². The third-order valence-electron chi connectivity index (χ3n) is 5.44. The van der Waals surface area contributed by atoms with Crippen LogP contribution < -0.4 is 14.2 Å². The molecule has 7 nitrogen and oxygen atoms in total. The summed E-state index contributed by atoms with van der Waals surface area (Å²) in [5.41, 5.74) is 3.87. The molecular weight excluding hydrogens is 416 g/mol. The number of hydrogen-bond donors (Lipinski definition) is 0. The van der Waals surface area contributed by atoms with Crippen molar-refractivity contribution in [1.29, 1.82) is 0 Å². The monoisotopic (exact) mass is 436 g/mol. The van der Waals surface area contributed by atoms with Crippen LogP contribution in [-0.2, 0) is 6.61 Å². The Hall–Kier alpha value is -4.39. The van der Waals surface area contributed by atoms with E-state index in [1.54, 1.807) is 10.7 Å². The molecule has 6 rings (SSSR count). The summed E-state index contributed by atoms with van der Waals surface area (Å²) in [4.78, 5) is 9.01. The first kappa shape index (κ1) is 19.3. The van der Waals surface area contributed by atoms with E-state index in [1.807, 2.05) is 78.9 Å². The topological polar surface area (TPSA) is 70.8 Å². The van der Waals surface area contributed by atoms with Crippen molar-refractivity contribution in [2.45, 2.75) is 6.61 Å². The zero-order chi connectivity index (χ0) is 22.0. The second kappa shape index (κ2) is 8.27. The van der Waals surface area contributed by atoms with Gasteiger partial charge in [0.25, 0.3) is 5.78 Å². The Morgan fingerprint density at radius 2 is 1.61 bits per heavy atom. The van der Waals surface area contributed by atoms with Crippen LogP contribution in [0.4, 0.5) is 0 Å². The van der Waals surface area contributed by atoms with Crippen molar-refractivity contribution in [2.75, 3.05) is 13.2 Å². The predicted molar refractivity (Wildman–Crippen MR) is 123 cm³/mol. The Balaban J connectivity index is 1.28. The average Bonchev–Trinajstić information content (AvgIpc) is 3.33. The first-order valence-electron chi connectivity index (χ1n) is 10.7. The third kappa shape index (κ3) is 3.85. The third-order valence-corrected chi connectivity index (χ3v) is 5.44. The molecule has 0 atom stereocenters. The minimum Gasteiger partial charge on any atom is -0.489 e. The fourth-order valence-electron chi connectivity index (χ4n) is 3.78. The molecule has 7 heteroatoms. The highest BCUT2D eigenvalue weighted by Gasteiger charge is 2.16. The molecule has 0 bridgehead atoms. The van der Waals surface area contributed by atoms with Crippen molar-refractivity contribution in [3.63, 3.8) is 0 Å². The molecule has 33 heavy (non-hydrogen) atoms. The quantitative estimate of drug-likeness (QED) is 0.394. The van der Waals surface area contributed by atoms with Crippen LogP contribution in [0, 0.1) is 0 Å². The molecule has 3 heterocycles. The first-order chi connectivity index (χ1) is 16.3. The average molecular weight is 436 g/mol. The highest BCUT2D eigenvalue weighted by atomic mass is 16.6. The van der Waals surface area contributed by atoms with Crippen molar-refractivity contribution in [2.24, 2.45) is 0 Å². The Kier molecular flexibility index (Phi) is 4.84. The molecule has 0 N–H and O–H groups in total. The summed E-state index contributed by atoms with van der Waals surface area (Å²) in [7, 11) is 0. The van der Waals surface area contributed by atoms with Gasteiger partial charge in [0, 0.05) is 17.3 Å². The van der Waals surface area contributed by atoms with Crippen LogP contribution in [0.3, 0.4) is 0 Å². The molecule has 2 aromatic heterocycles. The van der Waals surface area contributed by atoms with E-state index in [0.29, 0.717) is 37.2 Å². The molecule has 0 aliphatic carbocycles. The van der Waals surface area contributed by atoms with Crippen LogP contribution in [-0.4, -0.2) is 32.8 Å². The van der Waals surface area contributed by atoms with Crippen molar-refractivity contribution in [3.8, 4) is 39.9 Å². The van der Waals surface area contributed by atoms with Crippen molar-refractivity contribution >= 4 is 5.78 Å². The summed E-state index contributed by atoms with van der Waals surface area (Å²) in [5.74, 6) is 3.36. The van der Waals surface area contributed by atoms with E-state index in [-0.39, 0.29) is 0 Å². The second-order valence-electron chi connectivity index (χ2n) is 7.63. The van der Waals surface area contributed by atoms with E-state index in [4.69, 9.17) is 19.3 Å². The standard InChI is InChI=1S/C26H20N4O3/c1-2-4-18(5-3-1)17-33-21-9-6-19(7-10-21)22-12-13-27-26-28-25(29-30(22)26)20-8-11-23-24(16-20)32-15-14-31-23/h1-13,16H,14-15,17H2.